The van der Waals surface area contributed by atoms with Crippen molar-refractivity contribution in [2.45, 2.75) is 86.6 Å². The Morgan fingerprint density at radius 3 is 2.00 bits per heavy atom. The first-order chi connectivity index (χ1) is 14.2. The van der Waals surface area contributed by atoms with Crippen molar-refractivity contribution in [1.82, 2.24) is 5.32 Å². The van der Waals surface area contributed by atoms with Crippen LogP contribution in [0.15, 0.2) is 0 Å². The number of rotatable bonds is 6. The van der Waals surface area contributed by atoms with Crippen LogP contribution in [0.4, 0.5) is 0 Å². The van der Waals surface area contributed by atoms with Gasteiger partial charge in [0.05, 0.1) is 31.5 Å². The zero-order valence-electron chi connectivity index (χ0n) is 16.3. The summed E-state index contributed by atoms with van der Waals surface area (Å²) in [7, 11) is 0. The first kappa shape index (κ1) is 24.1. The SMILES string of the molecule is C[C@H]1O[C@@H](O[C@H]2[C@H](O)[C@@H](O)[C@@H](O[C@@H]3[C@H](CO)NC[C@@H]3O)O[C@@H]2CO)[C@H](O)[C@@H](O)[C@@H]1O. The van der Waals surface area contributed by atoms with E-state index in [0.29, 0.717) is 0 Å². The van der Waals surface area contributed by atoms with E-state index < -0.39 is 86.3 Å². The lowest BCUT2D eigenvalue weighted by molar-refractivity contribution is -0.361. The summed E-state index contributed by atoms with van der Waals surface area (Å²) in [4.78, 5) is 0. The van der Waals surface area contributed by atoms with Crippen molar-refractivity contribution < 1.29 is 59.8 Å². The molecule has 0 aromatic rings. The molecule has 0 radical (unpaired) electrons. The lowest BCUT2D eigenvalue weighted by atomic mass is 9.97. The molecule has 3 heterocycles. The predicted octanol–water partition coefficient (Wildman–Crippen LogP) is -5.65. The fraction of sp³-hybridized carbons (Fsp3) is 1.00. The molecule has 0 aromatic carbocycles. The Labute approximate surface area is 172 Å². The molecule has 13 heteroatoms. The molecule has 13 nitrogen and oxygen atoms in total. The molecular weight excluding hydrogens is 410 g/mol. The minimum Gasteiger partial charge on any atom is -0.395 e. The van der Waals surface area contributed by atoms with Crippen molar-refractivity contribution in [3.8, 4) is 0 Å². The molecule has 0 saturated carbocycles. The first-order valence-corrected chi connectivity index (χ1v) is 9.84. The molecule has 3 aliphatic rings. The number of β-amino-alcohol motifs (C(OH)–C–C–N with tert-alkyl or cyclic N) is 1. The molecule has 0 unspecified atom stereocenters. The van der Waals surface area contributed by atoms with Crippen molar-refractivity contribution in [3.63, 3.8) is 0 Å². The monoisotopic (exact) mass is 441 g/mol. The number of aliphatic hydroxyl groups excluding tert-OH is 8. The molecule has 9 N–H and O–H groups in total. The van der Waals surface area contributed by atoms with Crippen LogP contribution in [0.5, 0.6) is 0 Å². The van der Waals surface area contributed by atoms with Gasteiger partial charge in [-0.25, -0.2) is 0 Å². The third-order valence-electron chi connectivity index (χ3n) is 5.77. The zero-order chi connectivity index (χ0) is 22.2. The van der Waals surface area contributed by atoms with Crippen molar-refractivity contribution in [1.29, 1.82) is 0 Å². The third-order valence-corrected chi connectivity index (χ3v) is 5.77. The molecule has 30 heavy (non-hydrogen) atoms. The van der Waals surface area contributed by atoms with E-state index in [1.807, 2.05) is 0 Å². The van der Waals surface area contributed by atoms with Gasteiger partial charge < -0.3 is 65.1 Å². The molecule has 0 aromatic heterocycles. The number of nitrogens with one attached hydrogen (secondary N) is 1. The summed E-state index contributed by atoms with van der Waals surface area (Å²) in [6.07, 6.45) is -16.2. The fourth-order valence-corrected chi connectivity index (χ4v) is 3.90. The first-order valence-electron chi connectivity index (χ1n) is 9.84. The lowest BCUT2D eigenvalue weighted by Crippen LogP contribution is -2.64. The lowest BCUT2D eigenvalue weighted by Gasteiger charge is -2.46. The van der Waals surface area contributed by atoms with Crippen LogP contribution in [0.1, 0.15) is 6.92 Å². The summed E-state index contributed by atoms with van der Waals surface area (Å²) in [6.45, 7) is 0.600. The van der Waals surface area contributed by atoms with Gasteiger partial charge in [0.1, 0.15) is 48.8 Å². The van der Waals surface area contributed by atoms with Gasteiger partial charge in [-0.2, -0.15) is 0 Å². The van der Waals surface area contributed by atoms with Gasteiger partial charge in [-0.05, 0) is 6.92 Å². The highest BCUT2D eigenvalue weighted by Crippen LogP contribution is 2.30. The minimum atomic E-state index is -1.67. The highest BCUT2D eigenvalue weighted by molar-refractivity contribution is 4.96. The average molecular weight is 441 g/mol. The summed E-state index contributed by atoms with van der Waals surface area (Å²) < 4.78 is 21.9. The summed E-state index contributed by atoms with van der Waals surface area (Å²) in [5, 5.41) is 82.7. The van der Waals surface area contributed by atoms with Crippen LogP contribution in [-0.4, -0.2) is 140 Å². The van der Waals surface area contributed by atoms with Gasteiger partial charge in [0.2, 0.25) is 0 Å². The molecule has 0 bridgehead atoms. The van der Waals surface area contributed by atoms with Crippen LogP contribution in [0.3, 0.4) is 0 Å². The van der Waals surface area contributed by atoms with Crippen LogP contribution in [0.2, 0.25) is 0 Å². The normalized spacial score (nSPS) is 52.5. The van der Waals surface area contributed by atoms with E-state index in [1.165, 1.54) is 6.92 Å². The molecule has 3 rings (SSSR count). The highest BCUT2D eigenvalue weighted by atomic mass is 16.7. The van der Waals surface area contributed by atoms with E-state index in [-0.39, 0.29) is 13.2 Å². The second kappa shape index (κ2) is 9.95. The quantitative estimate of drug-likeness (QED) is 0.188. The number of ether oxygens (including phenoxy) is 4. The van der Waals surface area contributed by atoms with Gasteiger partial charge in [-0.3, -0.25) is 0 Å². The van der Waals surface area contributed by atoms with E-state index >= 15 is 0 Å². The summed E-state index contributed by atoms with van der Waals surface area (Å²) in [6, 6.07) is -0.616. The van der Waals surface area contributed by atoms with E-state index in [0.717, 1.165) is 0 Å². The maximum atomic E-state index is 10.6. The van der Waals surface area contributed by atoms with Gasteiger partial charge in [-0.15, -0.1) is 0 Å². The van der Waals surface area contributed by atoms with E-state index in [9.17, 15) is 40.9 Å². The van der Waals surface area contributed by atoms with Gasteiger partial charge in [0.15, 0.2) is 12.6 Å². The highest BCUT2D eigenvalue weighted by Gasteiger charge is 2.51. The minimum absolute atomic E-state index is 0.152. The van der Waals surface area contributed by atoms with Crippen molar-refractivity contribution >= 4 is 0 Å². The molecule has 3 aliphatic heterocycles. The molecule has 13 atom stereocenters. The molecule has 0 aliphatic carbocycles. The molecule has 3 fully saturated rings. The Kier molecular flexibility index (Phi) is 8.01. The Balaban J connectivity index is 1.68. The topological polar surface area (TPSA) is 211 Å². The van der Waals surface area contributed by atoms with Gasteiger partial charge in [0.25, 0.3) is 0 Å². The summed E-state index contributed by atoms with van der Waals surface area (Å²) in [5.41, 5.74) is 0. The molecule has 176 valence electrons. The van der Waals surface area contributed by atoms with Gasteiger partial charge in [-0.1, -0.05) is 0 Å². The molecular formula is C17H31NO12. The standard InChI is InChI=1S/C17H31NO12/c1-5-9(22)10(23)12(25)16(27-5)30-15-8(4-20)28-17(13(26)11(15)24)29-14-6(3-19)18-2-7(14)21/h5-26H,2-4H2,1H3/t5-,6+,7+,8-,9-,10+,11-,12-,13-,14-,15-,16+,17-/m1/s1. The van der Waals surface area contributed by atoms with E-state index in [4.69, 9.17) is 18.9 Å². The van der Waals surface area contributed by atoms with Crippen LogP contribution in [0.25, 0.3) is 0 Å². The van der Waals surface area contributed by atoms with Crippen molar-refractivity contribution in [2.24, 2.45) is 0 Å². The van der Waals surface area contributed by atoms with Crippen LogP contribution < -0.4 is 5.32 Å². The van der Waals surface area contributed by atoms with Crippen molar-refractivity contribution in [3.05, 3.63) is 0 Å². The molecule has 3 saturated heterocycles. The Hall–Kier alpha value is -0.520. The smallest absolute Gasteiger partial charge is 0.187 e. The van der Waals surface area contributed by atoms with E-state index in [2.05, 4.69) is 5.32 Å². The largest absolute Gasteiger partial charge is 0.395 e. The van der Waals surface area contributed by atoms with Gasteiger partial charge in [0, 0.05) is 6.54 Å². The van der Waals surface area contributed by atoms with E-state index in [1.54, 1.807) is 0 Å². The number of hydrogen-bond donors (Lipinski definition) is 9. The van der Waals surface area contributed by atoms with Gasteiger partial charge >= 0.3 is 0 Å². The molecule has 0 amide bonds. The Morgan fingerprint density at radius 1 is 0.767 bits per heavy atom. The second-order valence-electron chi connectivity index (χ2n) is 7.85. The molecule has 0 spiro atoms. The maximum Gasteiger partial charge on any atom is 0.187 e. The van der Waals surface area contributed by atoms with Crippen LogP contribution in [0, 0.1) is 0 Å². The van der Waals surface area contributed by atoms with Crippen LogP contribution >= 0.6 is 0 Å². The average Bonchev–Trinajstić information content (AvgIpc) is 3.09. The van der Waals surface area contributed by atoms with Crippen LogP contribution in [-0.2, 0) is 18.9 Å². The maximum absolute atomic E-state index is 10.6. The Bertz CT molecular complexity index is 555. The number of hydrogen-bond acceptors (Lipinski definition) is 13. The zero-order valence-corrected chi connectivity index (χ0v) is 16.3. The fourth-order valence-electron chi connectivity index (χ4n) is 3.90. The Morgan fingerprint density at radius 2 is 1.37 bits per heavy atom. The predicted molar refractivity (Wildman–Crippen MR) is 94.7 cm³/mol. The third kappa shape index (κ3) is 4.63. The second-order valence-corrected chi connectivity index (χ2v) is 7.85. The summed E-state index contributed by atoms with van der Waals surface area (Å²) in [5.74, 6) is 0. The van der Waals surface area contributed by atoms with Crippen molar-refractivity contribution in [2.75, 3.05) is 19.8 Å². The number of aliphatic hydroxyl groups is 8. The summed E-state index contributed by atoms with van der Waals surface area (Å²) >= 11 is 0.